The highest BCUT2D eigenvalue weighted by atomic mass is 16.5. The number of hydrogen-bond acceptors (Lipinski definition) is 5. The normalized spacial score (nSPS) is 15.3. The van der Waals surface area contributed by atoms with E-state index in [0.717, 1.165) is 22.3 Å². The molecule has 6 heteroatoms. The quantitative estimate of drug-likeness (QED) is 0.456. The number of ether oxygens (including phenoxy) is 2. The molecule has 1 aromatic heterocycles. The van der Waals surface area contributed by atoms with Gasteiger partial charge in [-0.2, -0.15) is 0 Å². The maximum Gasteiger partial charge on any atom is 0.209 e. The molecule has 3 aromatic carbocycles. The highest BCUT2D eigenvalue weighted by Gasteiger charge is 2.32. The summed E-state index contributed by atoms with van der Waals surface area (Å²) in [4.78, 5) is 18.5. The van der Waals surface area contributed by atoms with Crippen molar-refractivity contribution in [2.45, 2.75) is 13.0 Å². The molecule has 0 radical (unpaired) electrons. The predicted octanol–water partition coefficient (Wildman–Crippen LogP) is 5.01. The van der Waals surface area contributed by atoms with E-state index in [2.05, 4.69) is 5.32 Å². The van der Waals surface area contributed by atoms with Gasteiger partial charge in [0.2, 0.25) is 5.95 Å². The molecule has 1 aliphatic heterocycles. The molecule has 2 heterocycles. The number of fused-ring (bicyclic) bond motifs is 3. The largest absolute Gasteiger partial charge is 0.493 e. The Labute approximate surface area is 186 Å². The molecule has 0 amide bonds. The van der Waals surface area contributed by atoms with Crippen molar-refractivity contribution >= 4 is 28.5 Å². The zero-order chi connectivity index (χ0) is 22.2. The second-order valence-electron chi connectivity index (χ2n) is 7.65. The van der Waals surface area contributed by atoms with Crippen molar-refractivity contribution in [2.24, 2.45) is 0 Å². The number of imidazole rings is 1. The van der Waals surface area contributed by atoms with Gasteiger partial charge in [-0.25, -0.2) is 4.98 Å². The molecule has 0 saturated carbocycles. The van der Waals surface area contributed by atoms with Gasteiger partial charge in [-0.1, -0.05) is 42.5 Å². The average Bonchev–Trinajstić information content (AvgIpc) is 3.20. The monoisotopic (exact) mass is 425 g/mol. The lowest BCUT2D eigenvalue weighted by atomic mass is 9.91. The average molecular weight is 425 g/mol. The summed E-state index contributed by atoms with van der Waals surface area (Å²) in [7, 11) is 3.21. The minimum Gasteiger partial charge on any atom is -0.493 e. The molecule has 5 rings (SSSR count). The Hall–Kier alpha value is -4.06. The lowest BCUT2D eigenvalue weighted by molar-refractivity contribution is 0.103. The van der Waals surface area contributed by atoms with Crippen LogP contribution in [-0.2, 0) is 0 Å². The van der Waals surface area contributed by atoms with Crippen molar-refractivity contribution in [1.82, 2.24) is 9.55 Å². The smallest absolute Gasteiger partial charge is 0.209 e. The van der Waals surface area contributed by atoms with E-state index in [9.17, 15) is 4.79 Å². The Bertz CT molecular complexity index is 1360. The van der Waals surface area contributed by atoms with Gasteiger partial charge in [-0.15, -0.1) is 0 Å². The van der Waals surface area contributed by atoms with E-state index in [-0.39, 0.29) is 11.8 Å². The molecule has 1 N–H and O–H groups in total. The molecule has 1 aliphatic rings. The van der Waals surface area contributed by atoms with Crippen molar-refractivity contribution in [3.05, 3.63) is 89.5 Å². The molecule has 6 nitrogen and oxygen atoms in total. The van der Waals surface area contributed by atoms with Crippen molar-refractivity contribution in [3.63, 3.8) is 0 Å². The molecule has 0 spiro atoms. The summed E-state index contributed by atoms with van der Waals surface area (Å²) in [6.07, 6.45) is 0. The van der Waals surface area contributed by atoms with Crippen LogP contribution in [0.25, 0.3) is 16.7 Å². The van der Waals surface area contributed by atoms with E-state index in [0.29, 0.717) is 28.6 Å². The number of Topliss-reactive ketones (excluding diaryl/α,β-unsaturated/α-hetero) is 1. The third-order valence-corrected chi connectivity index (χ3v) is 5.76. The van der Waals surface area contributed by atoms with Gasteiger partial charge >= 0.3 is 0 Å². The zero-order valence-corrected chi connectivity index (χ0v) is 18.1. The standard InChI is InChI=1S/C26H23N3O3/c1-16-23(25(30)17-9-5-4-6-10-17)24(18-13-14-21(31-2)22(15-18)32-3)29-20-12-8-7-11-19(20)28-26(29)27-16/h4-16H,1-3H3,(H,27,28)/t16-/m1/s1. The Balaban J connectivity index is 1.84. The molecular formula is C26H23N3O3. The van der Waals surface area contributed by atoms with Crippen LogP contribution in [0.1, 0.15) is 22.8 Å². The molecule has 0 aliphatic carbocycles. The topological polar surface area (TPSA) is 65.4 Å². The zero-order valence-electron chi connectivity index (χ0n) is 18.1. The highest BCUT2D eigenvalue weighted by Crippen LogP contribution is 2.39. The number of nitrogens with one attached hydrogen (secondary N) is 1. The minimum atomic E-state index is -0.241. The second kappa shape index (κ2) is 7.89. The number of aromatic nitrogens is 2. The lowest BCUT2D eigenvalue weighted by Gasteiger charge is -2.29. The predicted molar refractivity (Wildman–Crippen MR) is 125 cm³/mol. The SMILES string of the molecule is COc1ccc(C2=C(C(=O)c3ccccc3)[C@@H](C)Nc3nc4ccccc4n32)cc1OC. The van der Waals surface area contributed by atoms with Gasteiger partial charge in [0.05, 0.1) is 37.0 Å². The van der Waals surface area contributed by atoms with E-state index in [1.165, 1.54) is 0 Å². The third-order valence-electron chi connectivity index (χ3n) is 5.76. The van der Waals surface area contributed by atoms with Crippen LogP contribution in [0.5, 0.6) is 11.5 Å². The molecule has 1 atom stereocenters. The minimum absolute atomic E-state index is 0.0289. The van der Waals surface area contributed by atoms with Crippen molar-refractivity contribution < 1.29 is 14.3 Å². The van der Waals surface area contributed by atoms with Crippen LogP contribution in [0.3, 0.4) is 0 Å². The van der Waals surface area contributed by atoms with Crippen molar-refractivity contribution in [2.75, 3.05) is 19.5 Å². The number of rotatable bonds is 5. The number of carbonyl (C=O) groups excluding carboxylic acids is 1. The van der Waals surface area contributed by atoms with Gasteiger partial charge in [-0.3, -0.25) is 9.36 Å². The maximum atomic E-state index is 13.8. The van der Waals surface area contributed by atoms with Gasteiger partial charge in [0, 0.05) is 16.7 Å². The number of para-hydroxylation sites is 2. The summed E-state index contributed by atoms with van der Waals surface area (Å²) in [5.41, 5.74) is 4.72. The van der Waals surface area contributed by atoms with Gasteiger partial charge in [0.15, 0.2) is 17.3 Å². The lowest BCUT2D eigenvalue weighted by Crippen LogP contribution is -2.32. The van der Waals surface area contributed by atoms with Crippen LogP contribution in [0.4, 0.5) is 5.95 Å². The first-order chi connectivity index (χ1) is 15.6. The highest BCUT2D eigenvalue weighted by molar-refractivity contribution is 6.15. The molecule has 160 valence electrons. The fourth-order valence-electron chi connectivity index (χ4n) is 4.26. The number of nitrogens with zero attached hydrogens (tertiary/aromatic N) is 2. The number of benzene rings is 3. The molecule has 4 aromatic rings. The summed E-state index contributed by atoms with van der Waals surface area (Å²) >= 11 is 0. The Kier molecular flexibility index (Phi) is 4.90. The summed E-state index contributed by atoms with van der Waals surface area (Å²) < 4.78 is 13.0. The van der Waals surface area contributed by atoms with Crippen LogP contribution in [0, 0.1) is 0 Å². The van der Waals surface area contributed by atoms with E-state index in [1.807, 2.05) is 84.3 Å². The Morgan fingerprint density at radius 3 is 2.41 bits per heavy atom. The summed E-state index contributed by atoms with van der Waals surface area (Å²) in [6, 6.07) is 22.7. The van der Waals surface area contributed by atoms with Gasteiger partial charge in [0.1, 0.15) is 0 Å². The maximum absolute atomic E-state index is 13.8. The summed E-state index contributed by atoms with van der Waals surface area (Å²) in [5, 5.41) is 3.42. The van der Waals surface area contributed by atoms with Crippen LogP contribution in [-0.4, -0.2) is 35.6 Å². The number of methoxy groups -OCH3 is 2. The number of hydrogen-bond donors (Lipinski definition) is 1. The molecular weight excluding hydrogens is 402 g/mol. The van der Waals surface area contributed by atoms with Crippen LogP contribution in [0.2, 0.25) is 0 Å². The van der Waals surface area contributed by atoms with Gasteiger partial charge < -0.3 is 14.8 Å². The van der Waals surface area contributed by atoms with E-state index in [1.54, 1.807) is 14.2 Å². The molecule has 0 bridgehead atoms. The fraction of sp³-hybridized carbons (Fsp3) is 0.154. The van der Waals surface area contributed by atoms with Crippen molar-refractivity contribution in [3.8, 4) is 11.5 Å². The summed E-state index contributed by atoms with van der Waals surface area (Å²) in [6.45, 7) is 1.99. The molecule has 32 heavy (non-hydrogen) atoms. The van der Waals surface area contributed by atoms with Gasteiger partial charge in [-0.05, 0) is 37.3 Å². The van der Waals surface area contributed by atoms with Crippen LogP contribution < -0.4 is 14.8 Å². The van der Waals surface area contributed by atoms with Crippen LogP contribution in [0.15, 0.2) is 78.4 Å². The molecule has 0 saturated heterocycles. The molecule has 0 fully saturated rings. The summed E-state index contributed by atoms with van der Waals surface area (Å²) in [5.74, 6) is 1.90. The van der Waals surface area contributed by atoms with Crippen LogP contribution >= 0.6 is 0 Å². The first-order valence-electron chi connectivity index (χ1n) is 10.4. The van der Waals surface area contributed by atoms with Crippen molar-refractivity contribution in [1.29, 1.82) is 0 Å². The van der Waals surface area contributed by atoms with E-state index >= 15 is 0 Å². The number of carbonyl (C=O) groups is 1. The van der Waals surface area contributed by atoms with E-state index < -0.39 is 0 Å². The first kappa shape index (κ1) is 19.9. The second-order valence-corrected chi connectivity index (χ2v) is 7.65. The third kappa shape index (κ3) is 3.12. The van der Waals surface area contributed by atoms with Gasteiger partial charge in [0.25, 0.3) is 0 Å². The Morgan fingerprint density at radius 1 is 0.938 bits per heavy atom. The van der Waals surface area contributed by atoms with E-state index in [4.69, 9.17) is 14.5 Å². The first-order valence-corrected chi connectivity index (χ1v) is 10.4. The number of ketones is 1. The number of anilines is 1. The Morgan fingerprint density at radius 2 is 1.66 bits per heavy atom. The fourth-order valence-corrected chi connectivity index (χ4v) is 4.26. The molecule has 0 unspecified atom stereocenters.